The second-order valence-electron chi connectivity index (χ2n) is 3.81. The smallest absolute Gasteiger partial charge is 0.117 e. The van der Waals surface area contributed by atoms with Gasteiger partial charge in [-0.25, -0.2) is 0 Å². The van der Waals surface area contributed by atoms with Gasteiger partial charge in [-0.2, -0.15) is 0 Å². The number of rotatable bonds is 3. The van der Waals surface area contributed by atoms with Crippen LogP contribution in [0.5, 0.6) is 0 Å². The van der Waals surface area contributed by atoms with Crippen molar-refractivity contribution in [3.8, 4) is 11.8 Å². The van der Waals surface area contributed by atoms with Crippen LogP contribution in [0.3, 0.4) is 0 Å². The average Bonchev–Trinajstić information content (AvgIpc) is 2.29. The molecule has 1 heteroatoms. The van der Waals surface area contributed by atoms with Crippen LogP contribution in [-0.2, 0) is 6.42 Å². The van der Waals surface area contributed by atoms with Crippen molar-refractivity contribution in [2.75, 3.05) is 0 Å². The predicted octanol–water partition coefficient (Wildman–Crippen LogP) is 2.64. The molecule has 0 saturated heterocycles. The van der Waals surface area contributed by atoms with E-state index in [0.717, 1.165) is 6.42 Å². The third-order valence-corrected chi connectivity index (χ3v) is 2.57. The van der Waals surface area contributed by atoms with E-state index in [1.54, 1.807) is 0 Å². The molecule has 0 heterocycles. The fourth-order valence-electron chi connectivity index (χ4n) is 1.22. The summed E-state index contributed by atoms with van der Waals surface area (Å²) in [5.74, 6) is 6.16. The van der Waals surface area contributed by atoms with E-state index in [0.29, 0.717) is 6.42 Å². The van der Waals surface area contributed by atoms with E-state index in [9.17, 15) is 5.11 Å². The summed E-state index contributed by atoms with van der Waals surface area (Å²) in [5, 5.41) is 9.62. The Bertz CT molecular complexity index is 331. The number of aliphatic hydroxyl groups is 1. The van der Waals surface area contributed by atoms with Gasteiger partial charge >= 0.3 is 0 Å². The van der Waals surface area contributed by atoms with Crippen LogP contribution in [-0.4, -0.2) is 11.2 Å². The van der Waals surface area contributed by atoms with E-state index >= 15 is 0 Å². The molecular formula is C14H18O. The van der Waals surface area contributed by atoms with Crippen molar-refractivity contribution >= 4 is 0 Å². The van der Waals surface area contributed by atoms with Crippen LogP contribution in [0.1, 0.15) is 25.8 Å². The van der Waals surface area contributed by atoms with Gasteiger partial charge in [0.15, 0.2) is 0 Å². The van der Waals surface area contributed by atoms with Crippen molar-refractivity contribution in [3.05, 3.63) is 35.9 Å². The molecule has 2 atom stereocenters. The third-order valence-electron chi connectivity index (χ3n) is 2.57. The summed E-state index contributed by atoms with van der Waals surface area (Å²) >= 11 is 0. The summed E-state index contributed by atoms with van der Waals surface area (Å²) in [6, 6.07) is 10.1. The first kappa shape index (κ1) is 11.8. The molecule has 0 fully saturated rings. The Kier molecular flexibility index (Phi) is 4.93. The maximum Gasteiger partial charge on any atom is 0.117 e. The van der Waals surface area contributed by atoms with Crippen molar-refractivity contribution in [1.82, 2.24) is 0 Å². The zero-order valence-corrected chi connectivity index (χ0v) is 9.40. The molecule has 0 aliphatic carbocycles. The zero-order valence-electron chi connectivity index (χ0n) is 9.40. The summed E-state index contributed by atoms with van der Waals surface area (Å²) < 4.78 is 0. The molecule has 1 N–H and O–H groups in total. The molecule has 2 unspecified atom stereocenters. The van der Waals surface area contributed by atoms with Gasteiger partial charge in [0.25, 0.3) is 0 Å². The molecule has 0 spiro atoms. The number of benzene rings is 1. The Hall–Kier alpha value is -1.26. The lowest BCUT2D eigenvalue weighted by Gasteiger charge is -2.09. The minimum atomic E-state index is -0.487. The van der Waals surface area contributed by atoms with Crippen LogP contribution in [0.4, 0.5) is 0 Å². The Morgan fingerprint density at radius 3 is 2.53 bits per heavy atom. The Morgan fingerprint density at radius 1 is 1.27 bits per heavy atom. The maximum atomic E-state index is 9.62. The topological polar surface area (TPSA) is 20.2 Å². The van der Waals surface area contributed by atoms with Crippen molar-refractivity contribution in [1.29, 1.82) is 0 Å². The van der Waals surface area contributed by atoms with Gasteiger partial charge in [-0.15, -0.1) is 0 Å². The predicted molar refractivity (Wildman–Crippen MR) is 63.4 cm³/mol. The fraction of sp³-hybridized carbons (Fsp3) is 0.429. The molecule has 0 saturated carbocycles. The lowest BCUT2D eigenvalue weighted by molar-refractivity contribution is 0.169. The van der Waals surface area contributed by atoms with E-state index in [2.05, 4.69) is 18.8 Å². The molecule has 0 radical (unpaired) electrons. The highest BCUT2D eigenvalue weighted by atomic mass is 16.3. The van der Waals surface area contributed by atoms with E-state index in [-0.39, 0.29) is 5.92 Å². The monoisotopic (exact) mass is 202 g/mol. The maximum absolute atomic E-state index is 9.62. The van der Waals surface area contributed by atoms with Crippen LogP contribution in [0.15, 0.2) is 30.3 Å². The minimum absolute atomic E-state index is 0.258. The first-order chi connectivity index (χ1) is 7.24. The van der Waals surface area contributed by atoms with Crippen LogP contribution in [0, 0.1) is 17.8 Å². The van der Waals surface area contributed by atoms with Crippen LogP contribution < -0.4 is 0 Å². The Morgan fingerprint density at radius 2 is 1.93 bits per heavy atom. The molecule has 0 aromatic heterocycles. The van der Waals surface area contributed by atoms with Crippen molar-refractivity contribution in [2.24, 2.45) is 5.92 Å². The van der Waals surface area contributed by atoms with E-state index in [1.165, 1.54) is 5.56 Å². The van der Waals surface area contributed by atoms with Crippen LogP contribution in [0.2, 0.25) is 0 Å². The fourth-order valence-corrected chi connectivity index (χ4v) is 1.22. The van der Waals surface area contributed by atoms with Gasteiger partial charge in [-0.1, -0.05) is 62.4 Å². The zero-order chi connectivity index (χ0) is 11.1. The van der Waals surface area contributed by atoms with E-state index in [1.807, 2.05) is 37.3 Å². The molecule has 0 aliphatic rings. The molecular weight excluding hydrogens is 184 g/mol. The summed E-state index contributed by atoms with van der Waals surface area (Å²) in [4.78, 5) is 0. The summed E-state index contributed by atoms with van der Waals surface area (Å²) in [6.07, 6.45) is 1.19. The molecule has 15 heavy (non-hydrogen) atoms. The highest BCUT2D eigenvalue weighted by Gasteiger charge is 2.07. The van der Waals surface area contributed by atoms with Crippen molar-refractivity contribution in [2.45, 2.75) is 32.8 Å². The lowest BCUT2D eigenvalue weighted by Crippen LogP contribution is -2.14. The molecule has 1 aromatic carbocycles. The molecule has 0 amide bonds. The minimum Gasteiger partial charge on any atom is -0.380 e. The van der Waals surface area contributed by atoms with Crippen LogP contribution in [0.25, 0.3) is 0 Å². The molecule has 1 nitrogen and oxygen atoms in total. The largest absolute Gasteiger partial charge is 0.380 e. The lowest BCUT2D eigenvalue weighted by atomic mass is 10.0. The Labute approximate surface area is 92.1 Å². The third kappa shape index (κ3) is 4.18. The molecule has 0 aliphatic heterocycles. The van der Waals surface area contributed by atoms with Gasteiger partial charge < -0.3 is 5.11 Å². The summed E-state index contributed by atoms with van der Waals surface area (Å²) in [7, 11) is 0. The van der Waals surface area contributed by atoms with Gasteiger partial charge in [0.2, 0.25) is 0 Å². The second kappa shape index (κ2) is 6.27. The molecule has 1 aromatic rings. The highest BCUT2D eigenvalue weighted by Crippen LogP contribution is 2.06. The average molecular weight is 202 g/mol. The van der Waals surface area contributed by atoms with Gasteiger partial charge in [0, 0.05) is 6.42 Å². The van der Waals surface area contributed by atoms with Crippen molar-refractivity contribution < 1.29 is 5.11 Å². The highest BCUT2D eigenvalue weighted by molar-refractivity contribution is 5.21. The molecule has 0 bridgehead atoms. The first-order valence-electron chi connectivity index (χ1n) is 5.44. The van der Waals surface area contributed by atoms with Crippen LogP contribution >= 0.6 is 0 Å². The summed E-state index contributed by atoms with van der Waals surface area (Å²) in [6.45, 7) is 4.08. The number of hydrogen-bond acceptors (Lipinski definition) is 1. The van der Waals surface area contributed by atoms with E-state index in [4.69, 9.17) is 0 Å². The molecule has 1 rings (SSSR count). The molecule has 80 valence electrons. The normalized spacial score (nSPS) is 13.8. The SMILES string of the molecule is CCC(C)C(O)C#CCc1ccccc1. The van der Waals surface area contributed by atoms with Gasteiger partial charge in [0.05, 0.1) is 0 Å². The number of aliphatic hydroxyl groups excluding tert-OH is 1. The summed E-state index contributed by atoms with van der Waals surface area (Å²) in [5.41, 5.74) is 1.20. The van der Waals surface area contributed by atoms with Gasteiger partial charge in [0.1, 0.15) is 6.10 Å². The quantitative estimate of drug-likeness (QED) is 0.747. The Balaban J connectivity index is 2.46. The van der Waals surface area contributed by atoms with Gasteiger partial charge in [-0.3, -0.25) is 0 Å². The van der Waals surface area contributed by atoms with Crippen molar-refractivity contribution in [3.63, 3.8) is 0 Å². The second-order valence-corrected chi connectivity index (χ2v) is 3.81. The first-order valence-corrected chi connectivity index (χ1v) is 5.44. The van der Waals surface area contributed by atoms with Gasteiger partial charge in [-0.05, 0) is 11.5 Å². The number of hydrogen-bond donors (Lipinski definition) is 1. The van der Waals surface area contributed by atoms with E-state index < -0.39 is 6.10 Å². The standard InChI is InChI=1S/C14H18O/c1-3-12(2)14(15)11-7-10-13-8-5-4-6-9-13/h4-6,8-9,12,14-15H,3,10H2,1-2H3.